The van der Waals surface area contributed by atoms with Crippen LogP contribution in [0.15, 0.2) is 54.9 Å². The second kappa shape index (κ2) is 7.95. The van der Waals surface area contributed by atoms with Crippen LogP contribution in [0.2, 0.25) is 0 Å². The minimum atomic E-state index is -0.564. The summed E-state index contributed by atoms with van der Waals surface area (Å²) in [6.07, 6.45) is 2.98. The van der Waals surface area contributed by atoms with Gasteiger partial charge in [0, 0.05) is 35.9 Å². The number of benzene rings is 1. The van der Waals surface area contributed by atoms with Crippen LogP contribution in [0, 0.1) is 19.7 Å². The number of hydrogen-bond acceptors (Lipinski definition) is 4. The normalized spacial score (nSPS) is 10.6. The first-order valence-corrected chi connectivity index (χ1v) is 8.47. The Bertz CT molecular complexity index is 963. The number of ketones is 1. The average molecular weight is 366 g/mol. The van der Waals surface area contributed by atoms with Crippen molar-refractivity contribution in [3.05, 3.63) is 88.8 Å². The molecule has 6 heteroatoms. The Hall–Kier alpha value is -3.28. The Morgan fingerprint density at radius 1 is 1.07 bits per heavy atom. The number of Topliss-reactive ketones (excluding diaryl/α,β-unsaturated/α-hetero) is 1. The molecule has 1 aromatic carbocycles. The number of halogens is 1. The van der Waals surface area contributed by atoms with Crippen molar-refractivity contribution < 1.29 is 18.7 Å². The van der Waals surface area contributed by atoms with Gasteiger partial charge in [-0.15, -0.1) is 0 Å². The Balaban J connectivity index is 1.70. The molecule has 0 amide bonds. The number of aromatic nitrogens is 2. The van der Waals surface area contributed by atoms with E-state index >= 15 is 0 Å². The van der Waals surface area contributed by atoms with Gasteiger partial charge < -0.3 is 9.30 Å². The van der Waals surface area contributed by atoms with Gasteiger partial charge in [-0.05, 0) is 49.7 Å². The third-order valence-corrected chi connectivity index (χ3v) is 4.38. The molecule has 3 rings (SSSR count). The van der Waals surface area contributed by atoms with Crippen molar-refractivity contribution in [1.82, 2.24) is 9.55 Å². The quantitative estimate of drug-likeness (QED) is 0.493. The molecule has 0 saturated carbocycles. The number of esters is 1. The van der Waals surface area contributed by atoms with Gasteiger partial charge in [-0.3, -0.25) is 9.78 Å². The van der Waals surface area contributed by atoms with Crippen molar-refractivity contribution in [2.75, 3.05) is 6.61 Å². The number of aryl methyl sites for hydroxylation is 1. The lowest BCUT2D eigenvalue weighted by atomic mass is 10.1. The highest BCUT2D eigenvalue weighted by molar-refractivity contribution is 6.00. The monoisotopic (exact) mass is 366 g/mol. The molecule has 0 unspecified atom stereocenters. The van der Waals surface area contributed by atoms with Crippen molar-refractivity contribution in [2.24, 2.45) is 0 Å². The van der Waals surface area contributed by atoms with Gasteiger partial charge >= 0.3 is 5.97 Å². The van der Waals surface area contributed by atoms with E-state index in [1.54, 1.807) is 18.2 Å². The highest BCUT2D eigenvalue weighted by Gasteiger charge is 2.18. The summed E-state index contributed by atoms with van der Waals surface area (Å²) in [7, 11) is 0. The molecule has 5 nitrogen and oxygen atoms in total. The number of carbonyl (C=O) groups excluding carboxylic acids is 2. The summed E-state index contributed by atoms with van der Waals surface area (Å²) in [5, 5.41) is 0. The number of nitrogens with zero attached hydrogens (tertiary/aromatic N) is 2. The van der Waals surface area contributed by atoms with Gasteiger partial charge in [-0.25, -0.2) is 9.18 Å². The molecule has 2 heterocycles. The number of ether oxygens (including phenoxy) is 1. The molecule has 0 radical (unpaired) electrons. The van der Waals surface area contributed by atoms with Gasteiger partial charge in [0.2, 0.25) is 5.78 Å². The summed E-state index contributed by atoms with van der Waals surface area (Å²) in [5.74, 6) is -1.12. The fraction of sp³-hybridized carbons (Fsp3) is 0.190. The summed E-state index contributed by atoms with van der Waals surface area (Å²) in [5.41, 5.74) is 3.47. The third-order valence-electron chi connectivity index (χ3n) is 4.38. The van der Waals surface area contributed by atoms with Gasteiger partial charge in [0.15, 0.2) is 6.61 Å². The van der Waals surface area contributed by atoms with E-state index < -0.39 is 5.97 Å². The number of hydrogen-bond donors (Lipinski definition) is 0. The van der Waals surface area contributed by atoms with Crippen LogP contribution >= 0.6 is 0 Å². The summed E-state index contributed by atoms with van der Waals surface area (Å²) in [4.78, 5) is 28.3. The zero-order valence-electron chi connectivity index (χ0n) is 15.1. The van der Waals surface area contributed by atoms with E-state index in [1.165, 1.54) is 36.7 Å². The zero-order valence-corrected chi connectivity index (χ0v) is 15.1. The van der Waals surface area contributed by atoms with Crippen LogP contribution < -0.4 is 0 Å². The minimum Gasteiger partial charge on any atom is -0.454 e. The second-order valence-electron chi connectivity index (χ2n) is 6.23. The molecule has 0 atom stereocenters. The molecule has 0 N–H and O–H groups in total. The molecule has 0 aliphatic rings. The zero-order chi connectivity index (χ0) is 19.4. The molecule has 27 heavy (non-hydrogen) atoms. The van der Waals surface area contributed by atoms with Crippen LogP contribution in [0.3, 0.4) is 0 Å². The number of pyridine rings is 1. The van der Waals surface area contributed by atoms with Crippen LogP contribution in [0.1, 0.15) is 37.7 Å². The molecular weight excluding hydrogens is 347 g/mol. The fourth-order valence-corrected chi connectivity index (χ4v) is 2.88. The maximum absolute atomic E-state index is 13.1. The highest BCUT2D eigenvalue weighted by atomic mass is 19.1. The molecule has 2 aromatic heterocycles. The molecule has 138 valence electrons. The maximum atomic E-state index is 13.1. The van der Waals surface area contributed by atoms with Crippen molar-refractivity contribution in [2.45, 2.75) is 20.4 Å². The van der Waals surface area contributed by atoms with Gasteiger partial charge in [-0.1, -0.05) is 12.1 Å². The van der Waals surface area contributed by atoms with E-state index in [-0.39, 0.29) is 18.2 Å². The second-order valence-corrected chi connectivity index (χ2v) is 6.23. The van der Waals surface area contributed by atoms with E-state index in [1.807, 2.05) is 18.4 Å². The van der Waals surface area contributed by atoms with Gasteiger partial charge in [0.1, 0.15) is 5.82 Å². The summed E-state index contributed by atoms with van der Waals surface area (Å²) in [6.45, 7) is 3.94. The summed E-state index contributed by atoms with van der Waals surface area (Å²) >= 11 is 0. The first-order valence-electron chi connectivity index (χ1n) is 8.47. The number of carbonyl (C=O) groups is 2. The number of rotatable bonds is 6. The Morgan fingerprint density at radius 2 is 1.74 bits per heavy atom. The SMILES string of the molecule is Cc1cc(C(=O)COC(=O)c2ccncc2)c(C)n1Cc1ccc(F)cc1. The van der Waals surface area contributed by atoms with E-state index in [4.69, 9.17) is 4.74 Å². The highest BCUT2D eigenvalue weighted by Crippen LogP contribution is 2.18. The lowest BCUT2D eigenvalue weighted by Crippen LogP contribution is -2.15. The van der Waals surface area contributed by atoms with Crippen molar-refractivity contribution in [3.63, 3.8) is 0 Å². The van der Waals surface area contributed by atoms with Crippen molar-refractivity contribution >= 4 is 11.8 Å². The lowest BCUT2D eigenvalue weighted by Gasteiger charge is -2.10. The summed E-state index contributed by atoms with van der Waals surface area (Å²) in [6, 6.07) is 11.1. The summed E-state index contributed by atoms with van der Waals surface area (Å²) < 4.78 is 20.2. The average Bonchev–Trinajstić information content (AvgIpc) is 2.96. The first-order chi connectivity index (χ1) is 13.0. The van der Waals surface area contributed by atoms with Gasteiger partial charge in [0.05, 0.1) is 5.56 Å². The van der Waals surface area contributed by atoms with Crippen molar-refractivity contribution in [1.29, 1.82) is 0 Å². The molecular formula is C21H19FN2O3. The molecule has 0 fully saturated rings. The van der Waals surface area contributed by atoms with E-state index in [0.717, 1.165) is 17.0 Å². The maximum Gasteiger partial charge on any atom is 0.338 e. The van der Waals surface area contributed by atoms with Crippen LogP contribution in [-0.2, 0) is 11.3 Å². The van der Waals surface area contributed by atoms with Gasteiger partial charge in [-0.2, -0.15) is 0 Å². The van der Waals surface area contributed by atoms with Crippen LogP contribution in [0.25, 0.3) is 0 Å². The topological polar surface area (TPSA) is 61.2 Å². The predicted octanol–water partition coefficient (Wildman–Crippen LogP) is 3.73. The first kappa shape index (κ1) is 18.5. The minimum absolute atomic E-state index is 0.268. The Kier molecular flexibility index (Phi) is 5.45. The molecule has 3 aromatic rings. The molecule has 0 aliphatic heterocycles. The van der Waals surface area contributed by atoms with E-state index in [2.05, 4.69) is 4.98 Å². The fourth-order valence-electron chi connectivity index (χ4n) is 2.88. The largest absolute Gasteiger partial charge is 0.454 e. The standard InChI is InChI=1S/C21H19FN2O3/c1-14-11-19(15(2)24(14)12-16-3-5-18(22)6-4-16)20(25)13-27-21(26)17-7-9-23-10-8-17/h3-11H,12-13H2,1-2H3. The van der Waals surface area contributed by atoms with Crippen LogP contribution in [0.4, 0.5) is 4.39 Å². The molecule has 0 aliphatic carbocycles. The van der Waals surface area contributed by atoms with E-state index in [0.29, 0.717) is 17.7 Å². The lowest BCUT2D eigenvalue weighted by molar-refractivity contribution is 0.0474. The van der Waals surface area contributed by atoms with Crippen LogP contribution in [0.5, 0.6) is 0 Å². The van der Waals surface area contributed by atoms with Crippen LogP contribution in [-0.4, -0.2) is 27.9 Å². The third kappa shape index (κ3) is 4.28. The Morgan fingerprint density at radius 3 is 2.41 bits per heavy atom. The Labute approximate surface area is 156 Å². The molecule has 0 bridgehead atoms. The van der Waals surface area contributed by atoms with Gasteiger partial charge in [0.25, 0.3) is 0 Å². The van der Waals surface area contributed by atoms with Crippen molar-refractivity contribution in [3.8, 4) is 0 Å². The molecule has 0 spiro atoms. The smallest absolute Gasteiger partial charge is 0.338 e. The van der Waals surface area contributed by atoms with E-state index in [9.17, 15) is 14.0 Å². The molecule has 0 saturated heterocycles. The predicted molar refractivity (Wildman–Crippen MR) is 98.3 cm³/mol.